The van der Waals surface area contributed by atoms with E-state index in [-0.39, 0.29) is 10.8 Å². The second kappa shape index (κ2) is 12.9. The van der Waals surface area contributed by atoms with Gasteiger partial charge in [-0.2, -0.15) is 17.8 Å². The van der Waals surface area contributed by atoms with Gasteiger partial charge in [0.05, 0.1) is 4.90 Å². The summed E-state index contributed by atoms with van der Waals surface area (Å²) in [5, 5.41) is 6.15. The highest BCUT2D eigenvalue weighted by molar-refractivity contribution is 7.89. The van der Waals surface area contributed by atoms with Crippen LogP contribution in [0, 0.1) is 0 Å². The summed E-state index contributed by atoms with van der Waals surface area (Å²) in [6, 6.07) is 30.8. The van der Waals surface area contributed by atoms with Crippen LogP contribution in [0.15, 0.2) is 107 Å². The van der Waals surface area contributed by atoms with Crippen LogP contribution < -0.4 is 26.2 Å². The van der Waals surface area contributed by atoms with Crippen LogP contribution >= 0.6 is 0 Å². The minimum Gasteiger partial charge on any atom is -0.369 e. The van der Waals surface area contributed by atoms with E-state index in [4.69, 9.17) is 11.5 Å². The number of nitrogens with one attached hydrogen (secondary N) is 2. The maximum Gasteiger partial charge on any atom is 0.276 e. The number of carbonyl (C=O) groups is 1. The average Bonchev–Trinajstić information content (AvgIpc) is 2.97. The van der Waals surface area contributed by atoms with Crippen molar-refractivity contribution >= 4 is 27.6 Å². The van der Waals surface area contributed by atoms with E-state index in [0.29, 0.717) is 25.1 Å². The Morgan fingerprint density at radius 2 is 1.48 bits per heavy atom. The third-order valence-corrected chi connectivity index (χ3v) is 7.54. The zero-order chi connectivity index (χ0) is 28.5. The molecular weight excluding hydrogens is 524 g/mol. The molecule has 0 radical (unpaired) electrons. The van der Waals surface area contributed by atoms with Gasteiger partial charge in [0.1, 0.15) is 6.54 Å². The maximum atomic E-state index is 12.7. The van der Waals surface area contributed by atoms with E-state index in [0.717, 1.165) is 28.8 Å². The van der Waals surface area contributed by atoms with Crippen molar-refractivity contribution in [2.45, 2.75) is 37.6 Å². The number of hydrogen-bond donors (Lipinski definition) is 4. The molecule has 40 heavy (non-hydrogen) atoms. The smallest absolute Gasteiger partial charge is 0.276 e. The number of anilines is 1. The maximum absolute atomic E-state index is 12.7. The van der Waals surface area contributed by atoms with Crippen LogP contribution in [0.1, 0.15) is 25.5 Å². The molecule has 0 atom stereocenters. The first kappa shape index (κ1) is 28.3. The summed E-state index contributed by atoms with van der Waals surface area (Å²) in [4.78, 5) is 14.6. The van der Waals surface area contributed by atoms with Crippen molar-refractivity contribution in [3.05, 3.63) is 103 Å². The van der Waals surface area contributed by atoms with Gasteiger partial charge in [-0.15, -0.1) is 5.10 Å². The molecule has 4 aromatic rings. The summed E-state index contributed by atoms with van der Waals surface area (Å²) in [6.45, 7) is 2.81. The van der Waals surface area contributed by atoms with Gasteiger partial charge >= 0.3 is 0 Å². The molecule has 0 bridgehead atoms. The third kappa shape index (κ3) is 7.23. The molecule has 0 fully saturated rings. The van der Waals surface area contributed by atoms with E-state index in [2.05, 4.69) is 58.3 Å². The standard InChI is InChI=1S/C30H32N6O3S/c1-2-26-20-24(22-10-5-3-6-11-22)21-28(23-12-7-4-8-13-23)36(26)19-9-14-29(37)33-25-15-17-27(18-16-25)40(38,39)35-34-30(31)32/h3-8,10-13,15-18,20-21,35H,2,9,14,19H2,1H3,(H4-,31,32,33,34,37)/p+1. The molecule has 1 aromatic heterocycles. The molecule has 0 aliphatic carbocycles. The zero-order valence-electron chi connectivity index (χ0n) is 22.2. The number of pyridine rings is 1. The van der Waals surface area contributed by atoms with Gasteiger partial charge in [-0.05, 0) is 47.5 Å². The fourth-order valence-corrected chi connectivity index (χ4v) is 5.21. The van der Waals surface area contributed by atoms with Crippen LogP contribution in [0.5, 0.6) is 0 Å². The molecule has 0 aliphatic rings. The number of nitrogens with two attached hydrogens (primary N) is 2. The van der Waals surface area contributed by atoms with E-state index in [1.807, 2.05) is 41.2 Å². The predicted molar refractivity (Wildman–Crippen MR) is 157 cm³/mol. The molecule has 1 heterocycles. The van der Waals surface area contributed by atoms with E-state index < -0.39 is 16.0 Å². The van der Waals surface area contributed by atoms with E-state index in [9.17, 15) is 13.2 Å². The number of aryl methyl sites for hydroxylation is 1. The number of guanidine groups is 1. The second-order valence-electron chi connectivity index (χ2n) is 9.17. The molecule has 0 spiro atoms. The molecule has 10 heteroatoms. The third-order valence-electron chi connectivity index (χ3n) is 6.32. The summed E-state index contributed by atoms with van der Waals surface area (Å²) < 4.78 is 26.7. The molecule has 0 aliphatic heterocycles. The van der Waals surface area contributed by atoms with Gasteiger partial charge in [-0.25, -0.2) is 0 Å². The number of aromatic nitrogens is 1. The lowest BCUT2D eigenvalue weighted by atomic mass is 10.0. The van der Waals surface area contributed by atoms with Crippen molar-refractivity contribution in [1.29, 1.82) is 0 Å². The van der Waals surface area contributed by atoms with Crippen molar-refractivity contribution in [1.82, 2.24) is 4.83 Å². The Kier molecular flexibility index (Phi) is 9.13. The summed E-state index contributed by atoms with van der Waals surface area (Å²) in [5.41, 5.74) is 16.6. The van der Waals surface area contributed by atoms with Crippen molar-refractivity contribution in [2.75, 3.05) is 5.32 Å². The molecule has 0 unspecified atom stereocenters. The first-order valence-corrected chi connectivity index (χ1v) is 14.4. The highest BCUT2D eigenvalue weighted by atomic mass is 32.2. The Hall–Kier alpha value is -4.70. The summed E-state index contributed by atoms with van der Waals surface area (Å²) >= 11 is 0. The molecule has 4 rings (SSSR count). The number of benzene rings is 3. The quantitative estimate of drug-likeness (QED) is 0.0961. The lowest BCUT2D eigenvalue weighted by Crippen LogP contribution is -2.41. The summed E-state index contributed by atoms with van der Waals surface area (Å²) in [7, 11) is -3.91. The van der Waals surface area contributed by atoms with E-state index >= 15 is 0 Å². The Bertz CT molecular complexity index is 1590. The van der Waals surface area contributed by atoms with Crippen LogP contribution in [-0.2, 0) is 27.8 Å². The van der Waals surface area contributed by atoms with Crippen LogP contribution in [0.3, 0.4) is 0 Å². The molecule has 3 aromatic carbocycles. The van der Waals surface area contributed by atoms with Gasteiger partial charge in [0, 0.05) is 42.6 Å². The number of hydrazone groups is 1. The predicted octanol–water partition coefficient (Wildman–Crippen LogP) is 3.76. The molecule has 1 amide bonds. The Morgan fingerprint density at radius 1 is 0.850 bits per heavy atom. The van der Waals surface area contributed by atoms with Crippen LogP contribution in [0.2, 0.25) is 0 Å². The summed E-state index contributed by atoms with van der Waals surface area (Å²) in [6.07, 6.45) is 1.78. The highest BCUT2D eigenvalue weighted by Crippen LogP contribution is 2.25. The Labute approximate surface area is 234 Å². The van der Waals surface area contributed by atoms with Crippen LogP contribution in [0.25, 0.3) is 22.4 Å². The Balaban J connectivity index is 1.47. The lowest BCUT2D eigenvalue weighted by Gasteiger charge is -2.12. The summed E-state index contributed by atoms with van der Waals surface area (Å²) in [5.74, 6) is -0.560. The van der Waals surface area contributed by atoms with E-state index in [1.165, 1.54) is 30.0 Å². The van der Waals surface area contributed by atoms with Gasteiger partial charge in [0.2, 0.25) is 17.6 Å². The molecule has 0 saturated heterocycles. The molecule has 0 saturated carbocycles. The van der Waals surface area contributed by atoms with Gasteiger partial charge in [-0.3, -0.25) is 4.79 Å². The number of hydrogen-bond acceptors (Lipinski definition) is 4. The fraction of sp³-hybridized carbons (Fsp3) is 0.167. The highest BCUT2D eigenvalue weighted by Gasteiger charge is 2.21. The Morgan fingerprint density at radius 3 is 2.08 bits per heavy atom. The van der Waals surface area contributed by atoms with Crippen LogP contribution in [-0.4, -0.2) is 20.3 Å². The van der Waals surface area contributed by atoms with Crippen molar-refractivity contribution in [2.24, 2.45) is 16.6 Å². The number of sulfonamides is 1. The average molecular weight is 558 g/mol. The number of carbonyl (C=O) groups excluding carboxylic acids is 1. The zero-order valence-corrected chi connectivity index (χ0v) is 23.1. The van der Waals surface area contributed by atoms with Crippen LogP contribution in [0.4, 0.5) is 5.69 Å². The normalized spacial score (nSPS) is 11.0. The topological polar surface area (TPSA) is 144 Å². The lowest BCUT2D eigenvalue weighted by molar-refractivity contribution is -0.693. The minimum absolute atomic E-state index is 0.0358. The second-order valence-corrected chi connectivity index (χ2v) is 10.8. The van der Waals surface area contributed by atoms with Crippen molar-refractivity contribution in [3.8, 4) is 22.4 Å². The van der Waals surface area contributed by atoms with E-state index in [1.54, 1.807) is 0 Å². The monoisotopic (exact) mass is 557 g/mol. The van der Waals surface area contributed by atoms with Gasteiger partial charge < -0.3 is 16.8 Å². The molecule has 6 N–H and O–H groups in total. The number of nitrogens with zero attached hydrogens (tertiary/aromatic N) is 2. The molecule has 9 nitrogen and oxygen atoms in total. The SMILES string of the molecule is CCc1cc(-c2ccccc2)cc(-c2ccccc2)[n+]1CCCC(=O)Nc1ccc(S(=O)(=O)NN=C(N)N)cc1. The van der Waals surface area contributed by atoms with Crippen molar-refractivity contribution in [3.63, 3.8) is 0 Å². The first-order valence-electron chi connectivity index (χ1n) is 12.9. The minimum atomic E-state index is -3.91. The fourth-order valence-electron chi connectivity index (χ4n) is 4.39. The number of rotatable bonds is 11. The number of amides is 1. The van der Waals surface area contributed by atoms with Gasteiger partial charge in [0.15, 0.2) is 5.69 Å². The van der Waals surface area contributed by atoms with Gasteiger partial charge in [0.25, 0.3) is 10.0 Å². The van der Waals surface area contributed by atoms with Crippen molar-refractivity contribution < 1.29 is 17.8 Å². The first-order chi connectivity index (χ1) is 19.3. The van der Waals surface area contributed by atoms with Gasteiger partial charge in [-0.1, -0.05) is 55.5 Å². The largest absolute Gasteiger partial charge is 0.369 e. The molecular formula is C30H33N6O3S+. The molecule has 206 valence electrons.